The van der Waals surface area contributed by atoms with Crippen LogP contribution in [-0.2, 0) is 0 Å². The number of nitrogens with zero attached hydrogens (tertiary/aromatic N) is 1. The maximum Gasteiger partial charge on any atom is 0.0927 e. The lowest BCUT2D eigenvalue weighted by Gasteiger charge is -2.32. The Morgan fingerprint density at radius 1 is 1.30 bits per heavy atom. The van der Waals surface area contributed by atoms with Crippen molar-refractivity contribution in [3.8, 4) is 0 Å². The zero-order chi connectivity index (χ0) is 14.5. The van der Waals surface area contributed by atoms with Gasteiger partial charge in [-0.25, -0.2) is 0 Å². The highest BCUT2D eigenvalue weighted by Crippen LogP contribution is 2.27. The molecule has 0 bridgehead atoms. The van der Waals surface area contributed by atoms with Crippen molar-refractivity contribution in [2.24, 2.45) is 5.92 Å². The number of rotatable bonds is 5. The molecule has 0 saturated heterocycles. The third-order valence-electron chi connectivity index (χ3n) is 4.16. The molecule has 20 heavy (non-hydrogen) atoms. The maximum atomic E-state index is 10.3. The summed E-state index contributed by atoms with van der Waals surface area (Å²) >= 11 is 3.48. The number of likely N-dealkylation sites (N-methyl/N-ethyl adjacent to an activating group) is 1. The van der Waals surface area contributed by atoms with E-state index in [1.165, 1.54) is 6.42 Å². The van der Waals surface area contributed by atoms with Crippen LogP contribution in [0.25, 0.3) is 0 Å². The fourth-order valence-corrected chi connectivity index (χ4v) is 3.56. The minimum absolute atomic E-state index is 0.174. The van der Waals surface area contributed by atoms with Crippen LogP contribution in [0.1, 0.15) is 37.4 Å². The molecule has 0 heterocycles. The zero-order valence-electron chi connectivity index (χ0n) is 12.0. The normalized spacial score (nSPS) is 24.9. The van der Waals surface area contributed by atoms with Crippen LogP contribution >= 0.6 is 15.9 Å². The molecule has 3 nitrogen and oxygen atoms in total. The summed E-state index contributed by atoms with van der Waals surface area (Å²) in [6.45, 7) is 1.44. The van der Waals surface area contributed by atoms with E-state index in [1.807, 2.05) is 31.3 Å². The van der Waals surface area contributed by atoms with Gasteiger partial charge in [-0.3, -0.25) is 0 Å². The highest BCUT2D eigenvalue weighted by Gasteiger charge is 2.25. The molecule has 2 rings (SSSR count). The zero-order valence-corrected chi connectivity index (χ0v) is 13.6. The summed E-state index contributed by atoms with van der Waals surface area (Å²) in [5, 5.41) is 20.3. The molecule has 1 aliphatic rings. The van der Waals surface area contributed by atoms with Crippen LogP contribution in [0.5, 0.6) is 0 Å². The molecule has 0 aliphatic heterocycles. The van der Waals surface area contributed by atoms with Gasteiger partial charge in [0.2, 0.25) is 0 Å². The van der Waals surface area contributed by atoms with Crippen molar-refractivity contribution >= 4 is 15.9 Å². The van der Waals surface area contributed by atoms with E-state index in [-0.39, 0.29) is 6.10 Å². The van der Waals surface area contributed by atoms with E-state index in [4.69, 9.17) is 0 Å². The summed E-state index contributed by atoms with van der Waals surface area (Å²) < 4.78 is 0.943. The van der Waals surface area contributed by atoms with E-state index in [9.17, 15) is 10.2 Å². The van der Waals surface area contributed by atoms with Gasteiger partial charge in [-0.15, -0.1) is 0 Å². The van der Waals surface area contributed by atoms with Crippen LogP contribution in [0, 0.1) is 5.92 Å². The average molecular weight is 342 g/mol. The summed E-state index contributed by atoms with van der Waals surface area (Å²) in [7, 11) is 2.02. The quantitative estimate of drug-likeness (QED) is 0.865. The largest absolute Gasteiger partial charge is 0.393 e. The van der Waals surface area contributed by atoms with Crippen molar-refractivity contribution < 1.29 is 10.2 Å². The van der Waals surface area contributed by atoms with Crippen molar-refractivity contribution in [1.82, 2.24) is 4.90 Å². The van der Waals surface area contributed by atoms with E-state index in [1.54, 1.807) is 0 Å². The van der Waals surface area contributed by atoms with E-state index < -0.39 is 6.10 Å². The van der Waals surface area contributed by atoms with E-state index >= 15 is 0 Å². The summed E-state index contributed by atoms with van der Waals surface area (Å²) in [4.78, 5) is 2.13. The van der Waals surface area contributed by atoms with Gasteiger partial charge in [0.25, 0.3) is 0 Å². The molecule has 112 valence electrons. The summed E-state index contributed by atoms with van der Waals surface area (Å²) in [6, 6.07) is 7.78. The molecular formula is C16H24BrNO2. The lowest BCUT2D eigenvalue weighted by molar-refractivity contribution is 0.0399. The minimum Gasteiger partial charge on any atom is -0.393 e. The van der Waals surface area contributed by atoms with Gasteiger partial charge < -0.3 is 15.1 Å². The van der Waals surface area contributed by atoms with Crippen molar-refractivity contribution in [1.29, 1.82) is 0 Å². The van der Waals surface area contributed by atoms with Crippen molar-refractivity contribution in [2.75, 3.05) is 20.1 Å². The number of hydrogen-bond acceptors (Lipinski definition) is 3. The van der Waals surface area contributed by atoms with Crippen LogP contribution in [0.2, 0.25) is 0 Å². The molecular weight excluding hydrogens is 318 g/mol. The monoisotopic (exact) mass is 341 g/mol. The number of hydrogen-bond donors (Lipinski definition) is 2. The Kier molecular flexibility index (Phi) is 6.02. The molecule has 4 heteroatoms. The molecule has 3 unspecified atom stereocenters. The van der Waals surface area contributed by atoms with Gasteiger partial charge in [-0.05, 0) is 37.4 Å². The van der Waals surface area contributed by atoms with E-state index in [2.05, 4.69) is 20.8 Å². The first-order chi connectivity index (χ1) is 9.58. The molecule has 1 aromatic carbocycles. The molecule has 2 N–H and O–H groups in total. The van der Waals surface area contributed by atoms with Gasteiger partial charge in [0.05, 0.1) is 12.2 Å². The van der Waals surface area contributed by atoms with E-state index in [0.717, 1.165) is 35.8 Å². The fourth-order valence-electron chi connectivity index (χ4n) is 3.01. The number of aliphatic hydroxyl groups is 2. The van der Waals surface area contributed by atoms with E-state index in [0.29, 0.717) is 12.5 Å². The lowest BCUT2D eigenvalue weighted by atomic mass is 9.86. The second kappa shape index (κ2) is 7.55. The number of aliphatic hydroxyl groups excluding tert-OH is 2. The highest BCUT2D eigenvalue weighted by molar-refractivity contribution is 9.10. The Balaban J connectivity index is 1.87. The first-order valence-corrected chi connectivity index (χ1v) is 8.16. The Labute approximate surface area is 129 Å². The van der Waals surface area contributed by atoms with Crippen LogP contribution in [-0.4, -0.2) is 41.4 Å². The summed E-state index contributed by atoms with van der Waals surface area (Å²) in [5.74, 6) is 0.347. The first-order valence-electron chi connectivity index (χ1n) is 7.37. The molecule has 1 aliphatic carbocycles. The van der Waals surface area contributed by atoms with Crippen molar-refractivity contribution in [3.63, 3.8) is 0 Å². The second-order valence-electron chi connectivity index (χ2n) is 5.87. The van der Waals surface area contributed by atoms with Gasteiger partial charge in [0.15, 0.2) is 0 Å². The Morgan fingerprint density at radius 3 is 2.70 bits per heavy atom. The van der Waals surface area contributed by atoms with Crippen LogP contribution in [0.15, 0.2) is 28.7 Å². The second-order valence-corrected chi connectivity index (χ2v) is 6.72. The molecule has 1 aromatic rings. The van der Waals surface area contributed by atoms with Crippen LogP contribution in [0.4, 0.5) is 0 Å². The third-order valence-corrected chi connectivity index (χ3v) is 4.89. The standard InChI is InChI=1S/C16H24BrNO2/c1-18(10-12-6-2-5-9-15(12)19)11-16(20)13-7-3-4-8-14(13)17/h3-4,7-8,12,15-16,19-20H,2,5-6,9-11H2,1H3. The van der Waals surface area contributed by atoms with Gasteiger partial charge >= 0.3 is 0 Å². The molecule has 0 aromatic heterocycles. The molecule has 1 fully saturated rings. The van der Waals surface area contributed by atoms with Gasteiger partial charge in [-0.1, -0.05) is 47.0 Å². The predicted octanol–water partition coefficient (Wildman–Crippen LogP) is 2.97. The average Bonchev–Trinajstić information content (AvgIpc) is 2.41. The molecule has 3 atom stereocenters. The topological polar surface area (TPSA) is 43.7 Å². The van der Waals surface area contributed by atoms with Gasteiger partial charge in [0.1, 0.15) is 0 Å². The smallest absolute Gasteiger partial charge is 0.0927 e. The highest BCUT2D eigenvalue weighted by atomic mass is 79.9. The predicted molar refractivity (Wildman–Crippen MR) is 84.6 cm³/mol. The van der Waals surface area contributed by atoms with Crippen LogP contribution in [0.3, 0.4) is 0 Å². The van der Waals surface area contributed by atoms with Gasteiger partial charge in [-0.2, -0.15) is 0 Å². The number of halogens is 1. The summed E-state index contributed by atoms with van der Waals surface area (Å²) in [6.07, 6.45) is 3.69. The van der Waals surface area contributed by atoms with Crippen molar-refractivity contribution in [2.45, 2.75) is 37.9 Å². The van der Waals surface area contributed by atoms with Gasteiger partial charge in [0, 0.05) is 17.6 Å². The maximum absolute atomic E-state index is 10.3. The first kappa shape index (κ1) is 16.0. The third kappa shape index (κ3) is 4.29. The molecule has 0 radical (unpaired) electrons. The van der Waals surface area contributed by atoms with Crippen molar-refractivity contribution in [3.05, 3.63) is 34.3 Å². The lowest BCUT2D eigenvalue weighted by Crippen LogP contribution is -2.36. The molecule has 0 amide bonds. The fraction of sp³-hybridized carbons (Fsp3) is 0.625. The molecule has 1 saturated carbocycles. The Bertz CT molecular complexity index is 427. The SMILES string of the molecule is CN(CC(O)c1ccccc1Br)CC1CCCCC1O. The summed E-state index contributed by atoms with van der Waals surface area (Å²) in [5.41, 5.74) is 0.920. The number of benzene rings is 1. The molecule has 0 spiro atoms. The Hall–Kier alpha value is -0.420. The van der Waals surface area contributed by atoms with Crippen LogP contribution < -0.4 is 0 Å². The Morgan fingerprint density at radius 2 is 2.00 bits per heavy atom. The minimum atomic E-state index is -0.503.